The van der Waals surface area contributed by atoms with Crippen molar-refractivity contribution in [3.63, 3.8) is 0 Å². The summed E-state index contributed by atoms with van der Waals surface area (Å²) >= 11 is 0. The summed E-state index contributed by atoms with van der Waals surface area (Å²) in [4.78, 5) is 11.3. The van der Waals surface area contributed by atoms with Crippen LogP contribution in [0.15, 0.2) is 11.1 Å². The van der Waals surface area contributed by atoms with Crippen LogP contribution in [-0.4, -0.2) is 11.1 Å². The zero-order valence-electron chi connectivity index (χ0n) is 11.2. The van der Waals surface area contributed by atoms with Crippen LogP contribution in [0.5, 0.6) is 0 Å². The van der Waals surface area contributed by atoms with Crippen molar-refractivity contribution in [3.05, 3.63) is 11.1 Å². The van der Waals surface area contributed by atoms with E-state index in [0.717, 1.165) is 44.1 Å². The second-order valence-electron chi connectivity index (χ2n) is 4.52. The highest BCUT2D eigenvalue weighted by Crippen LogP contribution is 2.27. The molecule has 1 N–H and O–H groups in total. The third kappa shape index (κ3) is 4.82. The fraction of sp³-hybridized carbons (Fsp3) is 0.786. The minimum absolute atomic E-state index is 0.249. The summed E-state index contributed by atoms with van der Waals surface area (Å²) < 4.78 is 0. The number of hydrogen-bond donors (Lipinski definition) is 1. The van der Waals surface area contributed by atoms with Crippen molar-refractivity contribution in [1.29, 1.82) is 0 Å². The van der Waals surface area contributed by atoms with Gasteiger partial charge in [0.2, 0.25) is 0 Å². The summed E-state index contributed by atoms with van der Waals surface area (Å²) in [6.45, 7) is 8.32. The van der Waals surface area contributed by atoms with E-state index in [1.165, 1.54) is 0 Å². The maximum atomic E-state index is 11.3. The highest BCUT2D eigenvalue weighted by atomic mass is 16.4. The lowest BCUT2D eigenvalue weighted by Gasteiger charge is -2.19. The molecule has 94 valence electrons. The Kier molecular flexibility index (Phi) is 7.96. The molecule has 0 saturated heterocycles. The van der Waals surface area contributed by atoms with Crippen molar-refractivity contribution in [2.75, 3.05) is 0 Å². The fourth-order valence-electron chi connectivity index (χ4n) is 2.35. The molecule has 0 aliphatic carbocycles. The van der Waals surface area contributed by atoms with E-state index in [9.17, 15) is 9.90 Å². The van der Waals surface area contributed by atoms with Gasteiger partial charge in [0.15, 0.2) is 0 Å². The van der Waals surface area contributed by atoms with Crippen molar-refractivity contribution in [2.24, 2.45) is 5.92 Å². The normalized spacial score (nSPS) is 12.8. The van der Waals surface area contributed by atoms with E-state index in [-0.39, 0.29) is 5.92 Å². The lowest BCUT2D eigenvalue weighted by molar-refractivity contribution is -0.133. The summed E-state index contributed by atoms with van der Waals surface area (Å²) in [5.41, 5.74) is 1.76. The average Bonchev–Trinajstić information content (AvgIpc) is 2.18. The van der Waals surface area contributed by atoms with E-state index in [2.05, 4.69) is 20.8 Å². The zero-order valence-corrected chi connectivity index (χ0v) is 11.2. The van der Waals surface area contributed by atoms with Gasteiger partial charge in [0.05, 0.1) is 0 Å². The molecule has 0 amide bonds. The molecule has 0 fully saturated rings. The third-order valence-corrected chi connectivity index (χ3v) is 3.00. The highest BCUT2D eigenvalue weighted by molar-refractivity contribution is 5.88. The zero-order chi connectivity index (χ0) is 12.6. The van der Waals surface area contributed by atoms with Gasteiger partial charge in [-0.25, -0.2) is 4.79 Å². The Hall–Kier alpha value is -0.790. The maximum absolute atomic E-state index is 11.3. The molecule has 16 heavy (non-hydrogen) atoms. The van der Waals surface area contributed by atoms with Gasteiger partial charge in [0.25, 0.3) is 0 Å². The third-order valence-electron chi connectivity index (χ3n) is 3.00. The first kappa shape index (κ1) is 15.2. The van der Waals surface area contributed by atoms with Gasteiger partial charge in [0.1, 0.15) is 0 Å². The quantitative estimate of drug-likeness (QED) is 0.623. The Labute approximate surface area is 99.7 Å². The Balaban J connectivity index is 4.97. The molecule has 0 aromatic carbocycles. The van der Waals surface area contributed by atoms with Gasteiger partial charge in [-0.15, -0.1) is 0 Å². The van der Waals surface area contributed by atoms with Gasteiger partial charge < -0.3 is 5.11 Å². The van der Waals surface area contributed by atoms with Crippen LogP contribution in [0, 0.1) is 5.92 Å². The standard InChI is InChI=1S/C14H26O2/c1-5-8-11(4)13(14(15)16)12(9-6-2)10-7-3/h12H,5-10H2,1-4H3,(H,15,16). The van der Waals surface area contributed by atoms with Crippen LogP contribution in [0.3, 0.4) is 0 Å². The Bertz CT molecular complexity index is 235. The van der Waals surface area contributed by atoms with Crippen molar-refractivity contribution in [1.82, 2.24) is 0 Å². The summed E-state index contributed by atoms with van der Waals surface area (Å²) in [6, 6.07) is 0. The minimum Gasteiger partial charge on any atom is -0.478 e. The molecule has 2 nitrogen and oxygen atoms in total. The smallest absolute Gasteiger partial charge is 0.331 e. The van der Waals surface area contributed by atoms with Gasteiger partial charge in [-0.2, -0.15) is 0 Å². The number of hydrogen-bond acceptors (Lipinski definition) is 1. The molecule has 0 rings (SSSR count). The summed E-state index contributed by atoms with van der Waals surface area (Å²) in [5.74, 6) is -0.461. The number of carboxylic acid groups (broad SMARTS) is 1. The van der Waals surface area contributed by atoms with Gasteiger partial charge in [-0.1, -0.05) is 45.6 Å². The van der Waals surface area contributed by atoms with Crippen LogP contribution in [0.25, 0.3) is 0 Å². The Morgan fingerprint density at radius 1 is 1.06 bits per heavy atom. The van der Waals surface area contributed by atoms with E-state index in [0.29, 0.717) is 5.57 Å². The highest BCUT2D eigenvalue weighted by Gasteiger charge is 2.21. The maximum Gasteiger partial charge on any atom is 0.331 e. The molecule has 0 radical (unpaired) electrons. The second kappa shape index (κ2) is 8.37. The molecule has 0 saturated carbocycles. The lowest BCUT2D eigenvalue weighted by Crippen LogP contribution is -2.15. The number of aliphatic carboxylic acids is 1. The van der Waals surface area contributed by atoms with Crippen molar-refractivity contribution in [2.45, 2.75) is 66.2 Å². The molecule has 0 heterocycles. The number of allylic oxidation sites excluding steroid dienone is 1. The summed E-state index contributed by atoms with van der Waals surface area (Å²) in [7, 11) is 0. The van der Waals surface area contributed by atoms with E-state index in [1.807, 2.05) is 6.92 Å². The van der Waals surface area contributed by atoms with Crippen LogP contribution in [0.4, 0.5) is 0 Å². The van der Waals surface area contributed by atoms with E-state index in [4.69, 9.17) is 0 Å². The Morgan fingerprint density at radius 2 is 1.56 bits per heavy atom. The molecule has 0 atom stereocenters. The monoisotopic (exact) mass is 226 g/mol. The molecule has 0 aromatic heterocycles. The first-order valence-electron chi connectivity index (χ1n) is 6.51. The minimum atomic E-state index is -0.710. The Morgan fingerprint density at radius 3 is 1.88 bits per heavy atom. The molecule has 0 aliphatic rings. The van der Waals surface area contributed by atoms with E-state index < -0.39 is 5.97 Å². The predicted molar refractivity (Wildman–Crippen MR) is 68.5 cm³/mol. The number of carboxylic acids is 1. The first-order valence-corrected chi connectivity index (χ1v) is 6.51. The van der Waals surface area contributed by atoms with Gasteiger partial charge in [-0.05, 0) is 32.1 Å². The molecule has 0 bridgehead atoms. The predicted octanol–water partition coefficient (Wildman–Crippen LogP) is 4.40. The SMILES string of the molecule is CCCC(C)=C(C(=O)O)C(CCC)CCC. The van der Waals surface area contributed by atoms with Crippen molar-refractivity contribution < 1.29 is 9.90 Å². The number of carbonyl (C=O) groups is 1. The molecular formula is C14H26O2. The van der Waals surface area contributed by atoms with Crippen molar-refractivity contribution >= 4 is 5.97 Å². The topological polar surface area (TPSA) is 37.3 Å². The van der Waals surface area contributed by atoms with E-state index in [1.54, 1.807) is 0 Å². The van der Waals surface area contributed by atoms with E-state index >= 15 is 0 Å². The molecule has 0 aromatic rings. The van der Waals surface area contributed by atoms with Gasteiger partial charge in [0, 0.05) is 5.57 Å². The molecule has 0 aliphatic heterocycles. The van der Waals surface area contributed by atoms with Crippen LogP contribution in [0.2, 0.25) is 0 Å². The second-order valence-corrected chi connectivity index (χ2v) is 4.52. The summed E-state index contributed by atoms with van der Waals surface area (Å²) in [5, 5.41) is 9.34. The van der Waals surface area contributed by atoms with Crippen LogP contribution < -0.4 is 0 Å². The largest absolute Gasteiger partial charge is 0.478 e. The van der Waals surface area contributed by atoms with Gasteiger partial charge >= 0.3 is 5.97 Å². The van der Waals surface area contributed by atoms with Crippen LogP contribution in [-0.2, 0) is 4.79 Å². The average molecular weight is 226 g/mol. The number of rotatable bonds is 8. The lowest BCUT2D eigenvalue weighted by atomic mass is 9.86. The molecule has 0 unspecified atom stereocenters. The van der Waals surface area contributed by atoms with Crippen molar-refractivity contribution in [3.8, 4) is 0 Å². The molecular weight excluding hydrogens is 200 g/mol. The van der Waals surface area contributed by atoms with Crippen LogP contribution >= 0.6 is 0 Å². The van der Waals surface area contributed by atoms with Gasteiger partial charge in [-0.3, -0.25) is 0 Å². The molecule has 0 spiro atoms. The summed E-state index contributed by atoms with van der Waals surface area (Å²) in [6.07, 6.45) is 6.04. The molecule has 2 heteroatoms. The first-order chi connectivity index (χ1) is 7.58. The fourth-order valence-corrected chi connectivity index (χ4v) is 2.35. The van der Waals surface area contributed by atoms with Crippen LogP contribution in [0.1, 0.15) is 66.2 Å².